The summed E-state index contributed by atoms with van der Waals surface area (Å²) >= 11 is 0. The van der Waals surface area contributed by atoms with Crippen LogP contribution < -0.4 is 31.1 Å². The summed E-state index contributed by atoms with van der Waals surface area (Å²) in [6.45, 7) is 2.61. The number of nitrogens with one attached hydrogen (secondary N) is 4. The Labute approximate surface area is 251 Å². The van der Waals surface area contributed by atoms with Crippen LogP contribution in [0.4, 0.5) is 5.82 Å². The Balaban J connectivity index is 1.49. The molecule has 0 spiro atoms. The third-order valence-electron chi connectivity index (χ3n) is 7.96. The van der Waals surface area contributed by atoms with Gasteiger partial charge in [-0.2, -0.15) is 0 Å². The molecule has 2 fully saturated rings. The minimum absolute atomic E-state index is 0.0886. The van der Waals surface area contributed by atoms with E-state index in [1.807, 2.05) is 42.5 Å². The first-order valence-electron chi connectivity index (χ1n) is 14.8. The van der Waals surface area contributed by atoms with Crippen molar-refractivity contribution in [2.24, 2.45) is 5.92 Å². The number of rotatable bonds is 14. The van der Waals surface area contributed by atoms with E-state index in [0.717, 1.165) is 36.7 Å². The molecule has 4 N–H and O–H groups in total. The zero-order chi connectivity index (χ0) is 30.0. The Kier molecular flexibility index (Phi) is 10.7. The molecule has 3 unspecified atom stereocenters. The molecule has 3 aromatic rings. The number of benzene rings is 2. The van der Waals surface area contributed by atoms with Crippen LogP contribution in [0.1, 0.15) is 19.3 Å². The quantitative estimate of drug-likeness (QED) is 0.205. The lowest BCUT2D eigenvalue weighted by atomic mass is 9.82. The lowest BCUT2D eigenvalue weighted by molar-refractivity contribution is -0.123. The maximum atomic E-state index is 13.2. The Bertz CT molecular complexity index is 1390. The summed E-state index contributed by atoms with van der Waals surface area (Å²) in [7, 11) is 3.20. The number of carbonyl (C=O) groups excluding carboxylic acids is 2. The highest BCUT2D eigenvalue weighted by molar-refractivity contribution is 5.93. The standard InChI is InChI=1S/C31H41N7O5/c1-41-15-13-32-28(39)19-38(22-11-12-25-21(17-22)18-34-37-25)31-23-7-3-5-9-26(23)35-30(36-31)24-8-4-6-10-27(24)43-20-29(40)33-14-16-42-2/h3-10,21-22,25,34,37H,11-20H2,1-2H3,(H,32,39)(H,33,40). The first-order chi connectivity index (χ1) is 21.1. The van der Waals surface area contributed by atoms with Gasteiger partial charge in [0.2, 0.25) is 5.91 Å². The first-order valence-corrected chi connectivity index (χ1v) is 14.8. The SMILES string of the molecule is COCCNC(=O)COc1ccccc1-c1nc(N(CC(=O)NCCOC)C2CCC3NNCC3C2)c2ccccc2n1. The maximum Gasteiger partial charge on any atom is 0.258 e. The van der Waals surface area contributed by atoms with Crippen molar-refractivity contribution < 1.29 is 23.8 Å². The van der Waals surface area contributed by atoms with Crippen LogP contribution >= 0.6 is 0 Å². The van der Waals surface area contributed by atoms with E-state index in [9.17, 15) is 9.59 Å². The van der Waals surface area contributed by atoms with Gasteiger partial charge in [-0.15, -0.1) is 0 Å². The molecular weight excluding hydrogens is 550 g/mol. The zero-order valence-corrected chi connectivity index (χ0v) is 24.8. The number of fused-ring (bicyclic) bond motifs is 2. The summed E-state index contributed by atoms with van der Waals surface area (Å²) in [5, 5.41) is 6.62. The number of aromatic nitrogens is 2. The van der Waals surface area contributed by atoms with Crippen LogP contribution in [0, 0.1) is 5.92 Å². The van der Waals surface area contributed by atoms with Crippen molar-refractivity contribution in [1.29, 1.82) is 0 Å². The number of amides is 2. The summed E-state index contributed by atoms with van der Waals surface area (Å²) in [5.41, 5.74) is 8.13. The number of methoxy groups -OCH3 is 2. The fourth-order valence-corrected chi connectivity index (χ4v) is 5.80. The third kappa shape index (κ3) is 7.77. The van der Waals surface area contributed by atoms with Gasteiger partial charge in [-0.1, -0.05) is 24.3 Å². The van der Waals surface area contributed by atoms with Crippen molar-refractivity contribution in [3.05, 3.63) is 48.5 Å². The van der Waals surface area contributed by atoms with Crippen LogP contribution in [0.3, 0.4) is 0 Å². The molecule has 43 heavy (non-hydrogen) atoms. The third-order valence-corrected chi connectivity index (χ3v) is 7.96. The number of hydrogen-bond donors (Lipinski definition) is 4. The van der Waals surface area contributed by atoms with Crippen LogP contribution in [0.2, 0.25) is 0 Å². The van der Waals surface area contributed by atoms with Crippen molar-refractivity contribution in [3.8, 4) is 17.1 Å². The van der Waals surface area contributed by atoms with Gasteiger partial charge in [0.15, 0.2) is 12.4 Å². The number of hydrazine groups is 1. The Morgan fingerprint density at radius 3 is 2.51 bits per heavy atom. The summed E-state index contributed by atoms with van der Waals surface area (Å²) < 4.78 is 16.1. The minimum Gasteiger partial charge on any atom is -0.483 e. The summed E-state index contributed by atoms with van der Waals surface area (Å²) in [4.78, 5) is 37.7. The van der Waals surface area contributed by atoms with Gasteiger partial charge in [0, 0.05) is 51.3 Å². The Morgan fingerprint density at radius 2 is 1.70 bits per heavy atom. The Morgan fingerprint density at radius 1 is 0.953 bits per heavy atom. The minimum atomic E-state index is -0.246. The molecule has 5 rings (SSSR count). The fourth-order valence-electron chi connectivity index (χ4n) is 5.80. The van der Waals surface area contributed by atoms with E-state index in [1.54, 1.807) is 20.3 Å². The van der Waals surface area contributed by atoms with E-state index >= 15 is 0 Å². The highest BCUT2D eigenvalue weighted by Crippen LogP contribution is 2.36. The molecule has 1 aliphatic heterocycles. The van der Waals surface area contributed by atoms with Crippen molar-refractivity contribution in [2.45, 2.75) is 31.3 Å². The molecular formula is C31H41N7O5. The average Bonchev–Trinajstić information content (AvgIpc) is 3.51. The van der Waals surface area contributed by atoms with Crippen LogP contribution in [0.5, 0.6) is 5.75 Å². The summed E-state index contributed by atoms with van der Waals surface area (Å²) in [6, 6.07) is 15.8. The summed E-state index contributed by atoms with van der Waals surface area (Å²) in [5.74, 6) is 1.80. The molecule has 1 saturated carbocycles. The predicted molar refractivity (Wildman–Crippen MR) is 164 cm³/mol. The van der Waals surface area contributed by atoms with E-state index in [0.29, 0.717) is 61.2 Å². The van der Waals surface area contributed by atoms with Gasteiger partial charge in [0.05, 0.1) is 30.8 Å². The topological polar surface area (TPSA) is 139 Å². The molecule has 2 heterocycles. The van der Waals surface area contributed by atoms with E-state index in [-0.39, 0.29) is 31.0 Å². The van der Waals surface area contributed by atoms with Gasteiger partial charge >= 0.3 is 0 Å². The van der Waals surface area contributed by atoms with Crippen molar-refractivity contribution >= 4 is 28.5 Å². The maximum absolute atomic E-state index is 13.2. The van der Waals surface area contributed by atoms with Gasteiger partial charge in [0.1, 0.15) is 11.6 Å². The van der Waals surface area contributed by atoms with Crippen molar-refractivity contribution in [3.63, 3.8) is 0 Å². The molecule has 12 nitrogen and oxygen atoms in total. The average molecular weight is 592 g/mol. The van der Waals surface area contributed by atoms with Gasteiger partial charge in [-0.3, -0.25) is 20.4 Å². The van der Waals surface area contributed by atoms with E-state index in [4.69, 9.17) is 24.2 Å². The second-order valence-electron chi connectivity index (χ2n) is 10.8. The highest BCUT2D eigenvalue weighted by atomic mass is 16.5. The lowest BCUT2D eigenvalue weighted by Crippen LogP contribution is -2.48. The normalized spacial score (nSPS) is 19.5. The van der Waals surface area contributed by atoms with Crippen molar-refractivity contribution in [1.82, 2.24) is 31.5 Å². The first kappa shape index (κ1) is 30.6. The molecule has 0 bridgehead atoms. The number of ether oxygens (including phenoxy) is 3. The van der Waals surface area contributed by atoms with Crippen LogP contribution in [-0.2, 0) is 19.1 Å². The van der Waals surface area contributed by atoms with E-state index in [1.165, 1.54) is 0 Å². The Hall–Kier alpha value is -3.84. The molecule has 1 aliphatic carbocycles. The number of anilines is 1. The van der Waals surface area contributed by atoms with Gasteiger partial charge in [-0.05, 0) is 49.4 Å². The number of para-hydroxylation sites is 2. The second-order valence-corrected chi connectivity index (χ2v) is 10.8. The van der Waals surface area contributed by atoms with E-state index in [2.05, 4.69) is 26.4 Å². The van der Waals surface area contributed by atoms with Gasteiger partial charge in [-0.25, -0.2) is 9.97 Å². The van der Waals surface area contributed by atoms with Gasteiger partial charge in [0.25, 0.3) is 5.91 Å². The number of carbonyl (C=O) groups is 2. The largest absolute Gasteiger partial charge is 0.483 e. The molecule has 12 heteroatoms. The smallest absolute Gasteiger partial charge is 0.258 e. The molecule has 0 radical (unpaired) electrons. The number of nitrogens with zero attached hydrogens (tertiary/aromatic N) is 3. The zero-order valence-electron chi connectivity index (χ0n) is 24.8. The van der Waals surface area contributed by atoms with E-state index < -0.39 is 0 Å². The molecule has 1 saturated heterocycles. The monoisotopic (exact) mass is 591 g/mol. The highest BCUT2D eigenvalue weighted by Gasteiger charge is 2.37. The number of hydrogen-bond acceptors (Lipinski definition) is 10. The second kappa shape index (κ2) is 15.1. The van der Waals surface area contributed by atoms with Crippen LogP contribution in [0.15, 0.2) is 48.5 Å². The molecule has 2 amide bonds. The molecule has 2 aliphatic rings. The molecule has 1 aromatic heterocycles. The predicted octanol–water partition coefficient (Wildman–Crippen LogP) is 1.65. The molecule has 3 atom stereocenters. The molecule has 230 valence electrons. The van der Waals surface area contributed by atoms with Crippen molar-refractivity contribution in [2.75, 3.05) is 65.1 Å². The van der Waals surface area contributed by atoms with Crippen LogP contribution in [0.25, 0.3) is 22.3 Å². The van der Waals surface area contributed by atoms with Crippen LogP contribution in [-0.4, -0.2) is 94.1 Å². The molecule has 2 aromatic carbocycles. The fraction of sp³-hybridized carbons (Fsp3) is 0.484. The lowest BCUT2D eigenvalue weighted by Gasteiger charge is -2.39. The summed E-state index contributed by atoms with van der Waals surface area (Å²) in [6.07, 6.45) is 2.86. The van der Waals surface area contributed by atoms with Gasteiger partial charge < -0.3 is 29.7 Å².